The van der Waals surface area contributed by atoms with E-state index in [1.54, 1.807) is 0 Å². The van der Waals surface area contributed by atoms with Gasteiger partial charge in [-0.1, -0.05) is 25.4 Å². The Bertz CT molecular complexity index is 735. The molecule has 2 fully saturated rings. The van der Waals surface area contributed by atoms with E-state index in [-0.39, 0.29) is 5.41 Å². The number of anilines is 1. The lowest BCUT2D eigenvalue weighted by molar-refractivity contribution is 0.264. The second-order valence-electron chi connectivity index (χ2n) is 7.65. The Kier molecular flexibility index (Phi) is 3.58. The molecule has 24 heavy (non-hydrogen) atoms. The van der Waals surface area contributed by atoms with Crippen molar-refractivity contribution in [1.82, 2.24) is 20.1 Å². The highest BCUT2D eigenvalue weighted by atomic mass is 16.5. The molecule has 2 aliphatic rings. The van der Waals surface area contributed by atoms with Gasteiger partial charge in [-0.15, -0.1) is 0 Å². The third kappa shape index (κ3) is 2.39. The first kappa shape index (κ1) is 15.5. The van der Waals surface area contributed by atoms with Crippen molar-refractivity contribution in [3.8, 4) is 0 Å². The van der Waals surface area contributed by atoms with Crippen molar-refractivity contribution >= 4 is 5.82 Å². The number of hydrogen-bond acceptors (Lipinski definition) is 6. The molecule has 0 radical (unpaired) electrons. The summed E-state index contributed by atoms with van der Waals surface area (Å²) in [6.45, 7) is 10.1. The van der Waals surface area contributed by atoms with Gasteiger partial charge in [0.25, 0.3) is 0 Å². The average molecular weight is 327 g/mol. The normalized spacial score (nSPS) is 26.4. The van der Waals surface area contributed by atoms with E-state index in [2.05, 4.69) is 39.9 Å². The smallest absolute Gasteiger partial charge is 0.235 e. The van der Waals surface area contributed by atoms with Crippen LogP contribution in [-0.2, 0) is 5.41 Å². The van der Waals surface area contributed by atoms with Crippen LogP contribution in [-0.4, -0.2) is 33.2 Å². The first-order valence-electron chi connectivity index (χ1n) is 8.89. The van der Waals surface area contributed by atoms with Gasteiger partial charge >= 0.3 is 0 Å². The molecule has 2 atom stereocenters. The molecular weight excluding hydrogens is 302 g/mol. The number of aromatic nitrogens is 4. The molecule has 0 aromatic carbocycles. The van der Waals surface area contributed by atoms with Gasteiger partial charge < -0.3 is 9.42 Å². The molecule has 2 aromatic heterocycles. The summed E-state index contributed by atoms with van der Waals surface area (Å²) in [5.74, 6) is 4.36. The highest BCUT2D eigenvalue weighted by Crippen LogP contribution is 2.50. The SMILES string of the molecule is Cc1cc(N2C[C@@H]3CCC[C@]3(c3nc(C(C)C)no3)C2)nc(C)n1. The molecule has 1 aliphatic heterocycles. The van der Waals surface area contributed by atoms with E-state index >= 15 is 0 Å². The lowest BCUT2D eigenvalue weighted by atomic mass is 9.80. The second-order valence-corrected chi connectivity index (χ2v) is 7.65. The lowest BCUT2D eigenvalue weighted by Crippen LogP contribution is -2.32. The third-order valence-corrected chi connectivity index (χ3v) is 5.53. The molecule has 3 heterocycles. The minimum atomic E-state index is -0.00704. The molecular formula is C18H25N5O. The lowest BCUT2D eigenvalue weighted by Gasteiger charge is -2.24. The molecule has 6 nitrogen and oxygen atoms in total. The average Bonchev–Trinajstić information content (AvgIpc) is 3.19. The van der Waals surface area contributed by atoms with E-state index in [1.807, 2.05) is 13.8 Å². The van der Waals surface area contributed by atoms with Crippen LogP contribution in [0.4, 0.5) is 5.82 Å². The molecule has 6 heteroatoms. The molecule has 0 bridgehead atoms. The summed E-state index contributed by atoms with van der Waals surface area (Å²) < 4.78 is 5.73. The van der Waals surface area contributed by atoms with E-state index in [1.165, 1.54) is 12.8 Å². The first-order chi connectivity index (χ1) is 11.5. The molecule has 1 saturated carbocycles. The Morgan fingerprint density at radius 1 is 1.25 bits per heavy atom. The molecule has 0 spiro atoms. The van der Waals surface area contributed by atoms with Crippen LogP contribution < -0.4 is 4.90 Å². The van der Waals surface area contributed by atoms with Gasteiger partial charge in [0.1, 0.15) is 11.6 Å². The van der Waals surface area contributed by atoms with Crippen LogP contribution in [0.25, 0.3) is 0 Å². The summed E-state index contributed by atoms with van der Waals surface area (Å²) in [6, 6.07) is 2.08. The molecule has 2 aromatic rings. The van der Waals surface area contributed by atoms with Crippen molar-refractivity contribution in [2.45, 2.75) is 58.3 Å². The third-order valence-electron chi connectivity index (χ3n) is 5.53. The van der Waals surface area contributed by atoms with Crippen molar-refractivity contribution in [2.75, 3.05) is 18.0 Å². The molecule has 1 aliphatic carbocycles. The standard InChI is InChI=1S/C18H25N5O/c1-11(2)16-21-17(24-22-16)18-7-5-6-14(18)9-23(10-18)15-8-12(3)19-13(4)20-15/h8,11,14H,5-7,9-10H2,1-4H3/t14-,18-/m0/s1. The summed E-state index contributed by atoms with van der Waals surface area (Å²) in [4.78, 5) is 16.2. The predicted octanol–water partition coefficient (Wildman–Crippen LogP) is 3.16. The highest BCUT2D eigenvalue weighted by Gasteiger charge is 2.54. The summed E-state index contributed by atoms with van der Waals surface area (Å²) in [5.41, 5.74) is 1.01. The number of hydrogen-bond donors (Lipinski definition) is 0. The minimum absolute atomic E-state index is 0.00704. The van der Waals surface area contributed by atoms with Gasteiger partial charge in [0, 0.05) is 30.8 Å². The Balaban J connectivity index is 1.67. The van der Waals surface area contributed by atoms with Crippen LogP contribution in [0.15, 0.2) is 10.6 Å². The summed E-state index contributed by atoms with van der Waals surface area (Å²) in [6.07, 6.45) is 3.58. The van der Waals surface area contributed by atoms with E-state index in [0.29, 0.717) is 11.8 Å². The molecule has 0 unspecified atom stereocenters. The van der Waals surface area contributed by atoms with Crippen molar-refractivity contribution < 1.29 is 4.52 Å². The minimum Gasteiger partial charge on any atom is -0.355 e. The van der Waals surface area contributed by atoms with Gasteiger partial charge in [0.15, 0.2) is 5.82 Å². The Hall–Kier alpha value is -1.98. The van der Waals surface area contributed by atoms with Gasteiger partial charge in [0.05, 0.1) is 5.41 Å². The van der Waals surface area contributed by atoms with Crippen molar-refractivity contribution in [1.29, 1.82) is 0 Å². The molecule has 4 rings (SSSR count). The van der Waals surface area contributed by atoms with Crippen molar-refractivity contribution in [3.05, 3.63) is 29.3 Å². The van der Waals surface area contributed by atoms with Crippen LogP contribution in [0.5, 0.6) is 0 Å². The highest BCUT2D eigenvalue weighted by molar-refractivity contribution is 5.44. The van der Waals surface area contributed by atoms with Crippen LogP contribution in [0.3, 0.4) is 0 Å². The quantitative estimate of drug-likeness (QED) is 0.862. The fraction of sp³-hybridized carbons (Fsp3) is 0.667. The topological polar surface area (TPSA) is 67.9 Å². The largest absolute Gasteiger partial charge is 0.355 e. The van der Waals surface area contributed by atoms with Gasteiger partial charge in [-0.25, -0.2) is 9.97 Å². The van der Waals surface area contributed by atoms with E-state index in [9.17, 15) is 0 Å². The predicted molar refractivity (Wildman–Crippen MR) is 91.1 cm³/mol. The first-order valence-corrected chi connectivity index (χ1v) is 8.89. The zero-order valence-corrected chi connectivity index (χ0v) is 14.9. The van der Waals surface area contributed by atoms with Gasteiger partial charge in [-0.05, 0) is 32.6 Å². The number of aryl methyl sites for hydroxylation is 2. The van der Waals surface area contributed by atoms with E-state index in [4.69, 9.17) is 9.51 Å². The van der Waals surface area contributed by atoms with E-state index in [0.717, 1.165) is 48.6 Å². The van der Waals surface area contributed by atoms with Crippen LogP contribution in [0.2, 0.25) is 0 Å². The van der Waals surface area contributed by atoms with Crippen LogP contribution in [0.1, 0.15) is 62.3 Å². The van der Waals surface area contributed by atoms with Crippen LogP contribution in [0, 0.1) is 19.8 Å². The molecule has 128 valence electrons. The number of nitrogens with zero attached hydrogens (tertiary/aromatic N) is 5. The fourth-order valence-corrected chi connectivity index (χ4v) is 4.34. The summed E-state index contributed by atoms with van der Waals surface area (Å²) in [5, 5.41) is 4.21. The fourth-order valence-electron chi connectivity index (χ4n) is 4.34. The Morgan fingerprint density at radius 3 is 2.79 bits per heavy atom. The van der Waals surface area contributed by atoms with Gasteiger partial charge in [0.2, 0.25) is 5.89 Å². The number of fused-ring (bicyclic) bond motifs is 1. The maximum atomic E-state index is 5.73. The van der Waals surface area contributed by atoms with Crippen LogP contribution >= 0.6 is 0 Å². The van der Waals surface area contributed by atoms with E-state index < -0.39 is 0 Å². The Morgan fingerprint density at radius 2 is 2.08 bits per heavy atom. The van der Waals surface area contributed by atoms with Gasteiger partial charge in [-0.2, -0.15) is 4.98 Å². The summed E-state index contributed by atoms with van der Waals surface area (Å²) >= 11 is 0. The van der Waals surface area contributed by atoms with Crippen molar-refractivity contribution in [3.63, 3.8) is 0 Å². The maximum Gasteiger partial charge on any atom is 0.235 e. The monoisotopic (exact) mass is 327 g/mol. The van der Waals surface area contributed by atoms with Gasteiger partial charge in [-0.3, -0.25) is 0 Å². The molecule has 1 saturated heterocycles. The second kappa shape index (κ2) is 5.53. The summed E-state index contributed by atoms with van der Waals surface area (Å²) in [7, 11) is 0. The molecule has 0 amide bonds. The zero-order chi connectivity index (χ0) is 16.9. The zero-order valence-electron chi connectivity index (χ0n) is 14.9. The van der Waals surface area contributed by atoms with Crippen molar-refractivity contribution in [2.24, 2.45) is 5.92 Å². The molecule has 0 N–H and O–H groups in total. The maximum absolute atomic E-state index is 5.73. The number of rotatable bonds is 3. The Labute approximate surface area is 142 Å².